The Kier molecular flexibility index (Phi) is 10.2. The summed E-state index contributed by atoms with van der Waals surface area (Å²) in [5.41, 5.74) is -0.122. The molecule has 0 aliphatic carbocycles. The molecule has 0 fully saturated rings. The fourth-order valence-electron chi connectivity index (χ4n) is 2.80. The summed E-state index contributed by atoms with van der Waals surface area (Å²) < 4.78 is 20.7. The molecular weight excluding hydrogens is 486 g/mol. The Bertz CT molecular complexity index is 1080. The molecule has 0 N–H and O–H groups in total. The Hall–Kier alpha value is -4.35. The molecule has 0 aliphatic heterocycles. The maximum absolute atomic E-state index is 12.5. The normalized spacial score (nSPS) is 10.7. The van der Waals surface area contributed by atoms with Crippen LogP contribution in [0.25, 0.3) is 0 Å². The Morgan fingerprint density at radius 3 is 2.00 bits per heavy atom. The highest BCUT2D eigenvalue weighted by Gasteiger charge is 2.21. The van der Waals surface area contributed by atoms with Gasteiger partial charge >= 0.3 is 18.3 Å². The third-order valence-electron chi connectivity index (χ3n) is 4.78. The summed E-state index contributed by atoms with van der Waals surface area (Å²) in [6.45, 7) is 7.93. The van der Waals surface area contributed by atoms with Crippen molar-refractivity contribution in [2.75, 3.05) is 26.7 Å². The standard InChI is InChI=1S/C25H31N3O9/c1-6-27(16-15-26(5)22(29)37-25(2,3)4)23(30)35-20-11-7-18(8-12-20)17-34-24(31)36-21-13-9-19(10-14-21)28(32)33/h7-14H,6,15-17H2,1-5H3. The van der Waals surface area contributed by atoms with E-state index in [0.717, 1.165) is 0 Å². The molecule has 12 nitrogen and oxygen atoms in total. The van der Waals surface area contributed by atoms with Crippen LogP contribution in [0.4, 0.5) is 20.1 Å². The first kappa shape index (κ1) is 28.9. The van der Waals surface area contributed by atoms with Crippen molar-refractivity contribution in [1.29, 1.82) is 0 Å². The van der Waals surface area contributed by atoms with E-state index in [0.29, 0.717) is 17.9 Å². The molecule has 200 valence electrons. The summed E-state index contributed by atoms with van der Waals surface area (Å²) in [7, 11) is 1.59. The van der Waals surface area contributed by atoms with E-state index in [1.807, 2.05) is 0 Å². The number of hydrogen-bond donors (Lipinski definition) is 0. The summed E-state index contributed by atoms with van der Waals surface area (Å²) in [4.78, 5) is 49.4. The Balaban J connectivity index is 1.80. The van der Waals surface area contributed by atoms with Crippen LogP contribution in [0.15, 0.2) is 48.5 Å². The number of rotatable bonds is 9. The zero-order valence-corrected chi connectivity index (χ0v) is 21.5. The molecule has 0 atom stereocenters. The lowest BCUT2D eigenvalue weighted by atomic mass is 10.2. The molecule has 37 heavy (non-hydrogen) atoms. The average Bonchev–Trinajstić information content (AvgIpc) is 2.83. The topological polar surface area (TPSA) is 138 Å². The number of nitrogens with zero attached hydrogens (tertiary/aromatic N) is 3. The molecule has 0 heterocycles. The van der Waals surface area contributed by atoms with Gasteiger partial charge in [-0.3, -0.25) is 10.1 Å². The predicted molar refractivity (Wildman–Crippen MR) is 132 cm³/mol. The Morgan fingerprint density at radius 1 is 0.892 bits per heavy atom. The molecule has 0 aliphatic rings. The third-order valence-corrected chi connectivity index (χ3v) is 4.78. The van der Waals surface area contributed by atoms with E-state index in [9.17, 15) is 24.5 Å². The molecule has 2 rings (SSSR count). The maximum Gasteiger partial charge on any atom is 0.514 e. The summed E-state index contributed by atoms with van der Waals surface area (Å²) in [6, 6.07) is 11.3. The van der Waals surface area contributed by atoms with Gasteiger partial charge in [0.1, 0.15) is 23.7 Å². The second kappa shape index (κ2) is 13.1. The van der Waals surface area contributed by atoms with Gasteiger partial charge in [-0.1, -0.05) is 12.1 Å². The highest BCUT2D eigenvalue weighted by molar-refractivity contribution is 5.71. The van der Waals surface area contributed by atoms with E-state index < -0.39 is 28.9 Å². The fraction of sp³-hybridized carbons (Fsp3) is 0.400. The van der Waals surface area contributed by atoms with Gasteiger partial charge in [0.15, 0.2) is 0 Å². The van der Waals surface area contributed by atoms with Crippen LogP contribution in [0.2, 0.25) is 0 Å². The number of benzene rings is 2. The summed E-state index contributed by atoms with van der Waals surface area (Å²) >= 11 is 0. The van der Waals surface area contributed by atoms with Crippen LogP contribution >= 0.6 is 0 Å². The second-order valence-electron chi connectivity index (χ2n) is 8.89. The SMILES string of the molecule is CCN(CCN(C)C(=O)OC(C)(C)C)C(=O)Oc1ccc(COC(=O)Oc2ccc([N+](=O)[O-])cc2)cc1. The van der Waals surface area contributed by atoms with Gasteiger partial charge in [-0.2, -0.15) is 0 Å². The molecule has 0 spiro atoms. The second-order valence-corrected chi connectivity index (χ2v) is 8.89. The van der Waals surface area contributed by atoms with Gasteiger partial charge in [0.2, 0.25) is 0 Å². The van der Waals surface area contributed by atoms with Gasteiger partial charge < -0.3 is 28.7 Å². The minimum Gasteiger partial charge on any atom is -0.444 e. The Labute approximate surface area is 214 Å². The molecule has 0 saturated heterocycles. The lowest BCUT2D eigenvalue weighted by Crippen LogP contribution is -2.42. The van der Waals surface area contributed by atoms with Crippen LogP contribution < -0.4 is 9.47 Å². The van der Waals surface area contributed by atoms with Crippen molar-refractivity contribution < 1.29 is 38.3 Å². The van der Waals surface area contributed by atoms with Crippen molar-refractivity contribution in [3.63, 3.8) is 0 Å². The molecular formula is C25H31N3O9. The highest BCUT2D eigenvalue weighted by atomic mass is 16.7. The van der Waals surface area contributed by atoms with Gasteiger partial charge in [0.25, 0.3) is 5.69 Å². The number of hydrogen-bond acceptors (Lipinski definition) is 9. The van der Waals surface area contributed by atoms with Crippen LogP contribution in [0.5, 0.6) is 11.5 Å². The van der Waals surface area contributed by atoms with E-state index in [1.54, 1.807) is 59.0 Å². The van der Waals surface area contributed by atoms with E-state index >= 15 is 0 Å². The number of carbonyl (C=O) groups is 3. The third kappa shape index (κ3) is 10.0. The fourth-order valence-corrected chi connectivity index (χ4v) is 2.80. The summed E-state index contributed by atoms with van der Waals surface area (Å²) in [5, 5.41) is 10.7. The number of nitro benzene ring substituents is 1. The number of ether oxygens (including phenoxy) is 4. The maximum atomic E-state index is 12.5. The summed E-state index contributed by atoms with van der Waals surface area (Å²) in [5.74, 6) is 0.400. The predicted octanol–water partition coefficient (Wildman–Crippen LogP) is 5.00. The monoisotopic (exact) mass is 517 g/mol. The van der Waals surface area contributed by atoms with E-state index in [1.165, 1.54) is 34.1 Å². The van der Waals surface area contributed by atoms with Gasteiger partial charge in [0, 0.05) is 38.8 Å². The van der Waals surface area contributed by atoms with E-state index in [-0.39, 0.29) is 31.1 Å². The molecule has 0 aromatic heterocycles. The van der Waals surface area contributed by atoms with Crippen molar-refractivity contribution in [2.24, 2.45) is 0 Å². The van der Waals surface area contributed by atoms with Crippen LogP contribution in [0, 0.1) is 10.1 Å². The number of carbonyl (C=O) groups excluding carboxylic acids is 3. The van der Waals surface area contributed by atoms with Gasteiger partial charge in [-0.25, -0.2) is 14.4 Å². The molecule has 2 aromatic carbocycles. The number of likely N-dealkylation sites (N-methyl/N-ethyl adjacent to an activating group) is 2. The van der Waals surface area contributed by atoms with Crippen molar-refractivity contribution >= 4 is 24.0 Å². The van der Waals surface area contributed by atoms with E-state index in [4.69, 9.17) is 18.9 Å². The molecule has 0 radical (unpaired) electrons. The first-order chi connectivity index (χ1) is 17.4. The highest BCUT2D eigenvalue weighted by Crippen LogP contribution is 2.19. The lowest BCUT2D eigenvalue weighted by molar-refractivity contribution is -0.384. The molecule has 2 aromatic rings. The van der Waals surface area contributed by atoms with Crippen molar-refractivity contribution in [1.82, 2.24) is 9.80 Å². The Morgan fingerprint density at radius 2 is 1.46 bits per heavy atom. The van der Waals surface area contributed by atoms with Crippen LogP contribution in [-0.4, -0.2) is 65.3 Å². The lowest BCUT2D eigenvalue weighted by Gasteiger charge is -2.27. The van der Waals surface area contributed by atoms with Crippen molar-refractivity contribution in [2.45, 2.75) is 39.9 Å². The molecule has 12 heteroatoms. The van der Waals surface area contributed by atoms with Crippen molar-refractivity contribution in [3.8, 4) is 11.5 Å². The number of amides is 2. The number of non-ortho nitro benzene ring substituents is 1. The molecule has 0 saturated carbocycles. The molecule has 2 amide bonds. The zero-order valence-electron chi connectivity index (χ0n) is 21.5. The summed E-state index contributed by atoms with van der Waals surface area (Å²) in [6.07, 6.45) is -2.03. The largest absolute Gasteiger partial charge is 0.514 e. The van der Waals surface area contributed by atoms with Gasteiger partial charge in [-0.15, -0.1) is 0 Å². The minimum atomic E-state index is -0.973. The first-order valence-corrected chi connectivity index (χ1v) is 11.5. The first-order valence-electron chi connectivity index (χ1n) is 11.5. The van der Waals surface area contributed by atoms with Gasteiger partial charge in [0.05, 0.1) is 4.92 Å². The number of nitro groups is 1. The smallest absolute Gasteiger partial charge is 0.444 e. The van der Waals surface area contributed by atoms with Crippen LogP contribution in [-0.2, 0) is 16.1 Å². The zero-order chi connectivity index (χ0) is 27.6. The van der Waals surface area contributed by atoms with Gasteiger partial charge in [-0.05, 0) is 57.5 Å². The molecule has 0 bridgehead atoms. The van der Waals surface area contributed by atoms with Crippen LogP contribution in [0.3, 0.4) is 0 Å². The minimum absolute atomic E-state index is 0.0991. The molecule has 0 unspecified atom stereocenters. The van der Waals surface area contributed by atoms with Crippen LogP contribution in [0.1, 0.15) is 33.3 Å². The average molecular weight is 518 g/mol. The quantitative estimate of drug-likeness (QED) is 0.195. The van der Waals surface area contributed by atoms with Crippen molar-refractivity contribution in [3.05, 3.63) is 64.2 Å². The van der Waals surface area contributed by atoms with E-state index in [2.05, 4.69) is 0 Å².